The van der Waals surface area contributed by atoms with Gasteiger partial charge in [-0.25, -0.2) is 4.68 Å². The fourth-order valence-corrected chi connectivity index (χ4v) is 1.36. The third-order valence-corrected chi connectivity index (χ3v) is 2.12. The smallest absolute Gasteiger partial charge is 0.180 e. The van der Waals surface area contributed by atoms with E-state index in [4.69, 9.17) is 4.74 Å². The number of ether oxygens (including phenoxy) is 1. The molecule has 82 valence electrons. The molecule has 0 amide bonds. The molecule has 0 aliphatic carbocycles. The molecule has 0 saturated heterocycles. The molecule has 0 saturated carbocycles. The normalized spacial score (nSPS) is 10.1. The van der Waals surface area contributed by atoms with Gasteiger partial charge in [0.1, 0.15) is 12.0 Å². The number of aryl methyl sites for hydroxylation is 1. The number of rotatable bonds is 4. The number of hydrogen-bond acceptors (Lipinski definition) is 3. The number of aromatic nitrogens is 2. The van der Waals surface area contributed by atoms with E-state index in [-0.39, 0.29) is 0 Å². The van der Waals surface area contributed by atoms with Crippen LogP contribution in [0, 0.1) is 6.92 Å². The number of benzene rings is 1. The van der Waals surface area contributed by atoms with Crippen molar-refractivity contribution in [3.8, 4) is 5.75 Å². The van der Waals surface area contributed by atoms with Crippen LogP contribution in [0.1, 0.15) is 15.9 Å². The van der Waals surface area contributed by atoms with Gasteiger partial charge in [0.25, 0.3) is 0 Å². The summed E-state index contributed by atoms with van der Waals surface area (Å²) in [6.07, 6.45) is 4.46. The van der Waals surface area contributed by atoms with Crippen LogP contribution in [0.2, 0.25) is 0 Å². The maximum Gasteiger partial charge on any atom is 0.180 e. The lowest BCUT2D eigenvalue weighted by molar-refractivity contribution is 0.112. The van der Waals surface area contributed by atoms with Crippen molar-refractivity contribution in [3.05, 3.63) is 47.8 Å². The van der Waals surface area contributed by atoms with Gasteiger partial charge in [0.15, 0.2) is 6.73 Å². The second kappa shape index (κ2) is 4.61. The first kappa shape index (κ1) is 10.4. The topological polar surface area (TPSA) is 44.1 Å². The van der Waals surface area contributed by atoms with Gasteiger partial charge in [-0.05, 0) is 24.6 Å². The summed E-state index contributed by atoms with van der Waals surface area (Å²) in [6, 6.07) is 7.03. The second-order valence-corrected chi connectivity index (χ2v) is 3.52. The van der Waals surface area contributed by atoms with Gasteiger partial charge >= 0.3 is 0 Å². The number of carbonyl (C=O) groups excluding carboxylic acids is 1. The standard InChI is InChI=1S/C12H12N2O2/c1-10-6-13-14(7-10)9-16-12-4-2-3-11(5-12)8-15/h2-8H,9H2,1H3. The Kier molecular flexibility index (Phi) is 3.00. The predicted molar refractivity (Wildman–Crippen MR) is 59.4 cm³/mol. The van der Waals surface area contributed by atoms with Gasteiger partial charge in [0, 0.05) is 11.8 Å². The van der Waals surface area contributed by atoms with Crippen molar-refractivity contribution < 1.29 is 9.53 Å². The molecule has 0 bridgehead atoms. The van der Waals surface area contributed by atoms with Gasteiger partial charge in [-0.2, -0.15) is 5.10 Å². The van der Waals surface area contributed by atoms with Crippen LogP contribution in [-0.2, 0) is 6.73 Å². The van der Waals surface area contributed by atoms with E-state index in [0.29, 0.717) is 18.0 Å². The molecule has 1 aromatic heterocycles. The van der Waals surface area contributed by atoms with Crippen LogP contribution in [0.5, 0.6) is 5.75 Å². The summed E-state index contributed by atoms with van der Waals surface area (Å²) in [5, 5.41) is 4.10. The van der Waals surface area contributed by atoms with E-state index in [9.17, 15) is 4.79 Å². The average Bonchev–Trinajstić information content (AvgIpc) is 2.73. The quantitative estimate of drug-likeness (QED) is 0.734. The summed E-state index contributed by atoms with van der Waals surface area (Å²) in [5.74, 6) is 0.665. The molecule has 2 aromatic rings. The van der Waals surface area contributed by atoms with Crippen molar-refractivity contribution in [2.75, 3.05) is 0 Å². The van der Waals surface area contributed by atoms with Crippen molar-refractivity contribution in [2.45, 2.75) is 13.7 Å². The molecule has 0 N–H and O–H groups in total. The van der Waals surface area contributed by atoms with Gasteiger partial charge in [0.2, 0.25) is 0 Å². The van der Waals surface area contributed by atoms with Gasteiger partial charge in [-0.15, -0.1) is 0 Å². The van der Waals surface area contributed by atoms with E-state index in [2.05, 4.69) is 5.10 Å². The molecular formula is C12H12N2O2. The van der Waals surface area contributed by atoms with Crippen LogP contribution in [0.3, 0.4) is 0 Å². The Bertz CT molecular complexity index is 491. The molecule has 0 atom stereocenters. The molecule has 16 heavy (non-hydrogen) atoms. The van der Waals surface area contributed by atoms with E-state index in [1.807, 2.05) is 19.2 Å². The molecule has 1 aromatic carbocycles. The molecule has 4 heteroatoms. The number of hydrogen-bond donors (Lipinski definition) is 0. The lowest BCUT2D eigenvalue weighted by Crippen LogP contribution is -2.05. The Morgan fingerprint density at radius 1 is 1.50 bits per heavy atom. The van der Waals surface area contributed by atoms with E-state index in [1.165, 1.54) is 0 Å². The highest BCUT2D eigenvalue weighted by Crippen LogP contribution is 2.12. The number of nitrogens with zero attached hydrogens (tertiary/aromatic N) is 2. The van der Waals surface area contributed by atoms with E-state index < -0.39 is 0 Å². The summed E-state index contributed by atoms with van der Waals surface area (Å²) in [6.45, 7) is 2.31. The summed E-state index contributed by atoms with van der Waals surface area (Å²) >= 11 is 0. The van der Waals surface area contributed by atoms with Gasteiger partial charge in [-0.3, -0.25) is 4.79 Å². The predicted octanol–water partition coefficient (Wildman–Crippen LogP) is 2.04. The van der Waals surface area contributed by atoms with Crippen LogP contribution >= 0.6 is 0 Å². The fraction of sp³-hybridized carbons (Fsp3) is 0.167. The van der Waals surface area contributed by atoms with Crippen LogP contribution < -0.4 is 4.74 Å². The third kappa shape index (κ3) is 2.48. The first-order valence-electron chi connectivity index (χ1n) is 4.95. The Hall–Kier alpha value is -2.10. The van der Waals surface area contributed by atoms with Gasteiger partial charge in [-0.1, -0.05) is 12.1 Å². The summed E-state index contributed by atoms with van der Waals surface area (Å²) in [4.78, 5) is 10.6. The van der Waals surface area contributed by atoms with Crippen molar-refractivity contribution in [1.82, 2.24) is 9.78 Å². The van der Waals surface area contributed by atoms with Crippen molar-refractivity contribution in [1.29, 1.82) is 0 Å². The molecule has 0 spiro atoms. The highest BCUT2D eigenvalue weighted by Gasteiger charge is 1.97. The molecule has 0 fully saturated rings. The van der Waals surface area contributed by atoms with Crippen LogP contribution in [0.25, 0.3) is 0 Å². The summed E-state index contributed by atoms with van der Waals surface area (Å²) < 4.78 is 7.19. The molecule has 0 radical (unpaired) electrons. The van der Waals surface area contributed by atoms with Crippen molar-refractivity contribution in [2.24, 2.45) is 0 Å². The molecular weight excluding hydrogens is 204 g/mol. The van der Waals surface area contributed by atoms with Crippen LogP contribution in [0.15, 0.2) is 36.7 Å². The lowest BCUT2D eigenvalue weighted by atomic mass is 10.2. The zero-order valence-electron chi connectivity index (χ0n) is 8.96. The highest BCUT2D eigenvalue weighted by molar-refractivity contribution is 5.75. The number of carbonyl (C=O) groups is 1. The largest absolute Gasteiger partial charge is 0.471 e. The Labute approximate surface area is 93.5 Å². The minimum Gasteiger partial charge on any atom is -0.471 e. The maximum atomic E-state index is 10.6. The fourth-order valence-electron chi connectivity index (χ4n) is 1.36. The molecule has 4 nitrogen and oxygen atoms in total. The van der Waals surface area contributed by atoms with Crippen molar-refractivity contribution >= 4 is 6.29 Å². The first-order valence-corrected chi connectivity index (χ1v) is 4.95. The van der Waals surface area contributed by atoms with Gasteiger partial charge < -0.3 is 4.74 Å². The zero-order valence-corrected chi connectivity index (χ0v) is 8.96. The van der Waals surface area contributed by atoms with Crippen LogP contribution in [-0.4, -0.2) is 16.1 Å². The van der Waals surface area contributed by atoms with Gasteiger partial charge in [0.05, 0.1) is 6.20 Å². The summed E-state index contributed by atoms with van der Waals surface area (Å²) in [5.41, 5.74) is 1.69. The molecule has 0 unspecified atom stereocenters. The van der Waals surface area contributed by atoms with E-state index >= 15 is 0 Å². The molecule has 1 heterocycles. The SMILES string of the molecule is Cc1cnn(COc2cccc(C=O)c2)c1. The zero-order chi connectivity index (χ0) is 11.4. The first-order chi connectivity index (χ1) is 7.78. The van der Waals surface area contributed by atoms with Crippen molar-refractivity contribution in [3.63, 3.8) is 0 Å². The molecule has 0 aliphatic rings. The minimum absolute atomic E-state index is 0.343. The average molecular weight is 216 g/mol. The monoisotopic (exact) mass is 216 g/mol. The summed E-state index contributed by atoms with van der Waals surface area (Å²) in [7, 11) is 0. The van der Waals surface area contributed by atoms with E-state index in [0.717, 1.165) is 11.8 Å². The lowest BCUT2D eigenvalue weighted by Gasteiger charge is -2.06. The molecule has 2 rings (SSSR count). The Balaban J connectivity index is 2.01. The molecule has 0 aliphatic heterocycles. The third-order valence-electron chi connectivity index (χ3n) is 2.12. The number of aldehydes is 1. The van der Waals surface area contributed by atoms with E-state index in [1.54, 1.807) is 29.1 Å². The Morgan fingerprint density at radius 2 is 2.38 bits per heavy atom. The minimum atomic E-state index is 0.343. The second-order valence-electron chi connectivity index (χ2n) is 3.52. The maximum absolute atomic E-state index is 10.6. The van der Waals surface area contributed by atoms with Crippen LogP contribution in [0.4, 0.5) is 0 Å². The highest BCUT2D eigenvalue weighted by atomic mass is 16.5. The Morgan fingerprint density at radius 3 is 3.06 bits per heavy atom.